The van der Waals surface area contributed by atoms with Crippen LogP contribution in [0.5, 0.6) is 5.75 Å². The third-order valence-corrected chi connectivity index (χ3v) is 4.80. The fourth-order valence-electron chi connectivity index (χ4n) is 3.28. The van der Waals surface area contributed by atoms with E-state index in [2.05, 4.69) is 24.0 Å². The van der Waals surface area contributed by atoms with Gasteiger partial charge in [-0.3, -0.25) is 0 Å². The number of nitrogens with one attached hydrogen (secondary N) is 1. The maximum atomic E-state index is 12.8. The molecule has 2 aromatic carbocycles. The second kappa shape index (κ2) is 9.78. The van der Waals surface area contributed by atoms with Gasteiger partial charge in [0.1, 0.15) is 5.75 Å². The van der Waals surface area contributed by atoms with Crippen LogP contribution in [0.3, 0.4) is 0 Å². The highest BCUT2D eigenvalue weighted by Crippen LogP contribution is 2.25. The third-order valence-electron chi connectivity index (χ3n) is 4.80. The van der Waals surface area contributed by atoms with E-state index in [1.165, 1.54) is 5.56 Å². The van der Waals surface area contributed by atoms with Crippen molar-refractivity contribution in [2.45, 2.75) is 25.9 Å². The van der Waals surface area contributed by atoms with Gasteiger partial charge in [-0.15, -0.1) is 6.58 Å². The Balaban J connectivity index is 1.63. The number of carbonyl (C=O) groups is 1. The molecule has 6 heteroatoms. The fourth-order valence-corrected chi connectivity index (χ4v) is 3.28. The molecule has 1 aliphatic heterocycles. The molecule has 0 saturated heterocycles. The smallest absolute Gasteiger partial charge is 0.322 e. The number of hydrogen-bond acceptors (Lipinski definition) is 4. The van der Waals surface area contributed by atoms with Crippen molar-refractivity contribution in [3.05, 3.63) is 72.3 Å². The molecule has 2 aromatic rings. The van der Waals surface area contributed by atoms with Crippen molar-refractivity contribution >= 4 is 17.4 Å². The number of nitrogens with zero attached hydrogens (tertiary/aromatic N) is 2. The topological polar surface area (TPSA) is 63.2 Å². The molecule has 29 heavy (non-hydrogen) atoms. The summed E-state index contributed by atoms with van der Waals surface area (Å²) in [5.41, 5.74) is 3.68. The highest BCUT2D eigenvalue weighted by Gasteiger charge is 2.27. The number of para-hydroxylation sites is 1. The van der Waals surface area contributed by atoms with Gasteiger partial charge in [0.05, 0.1) is 19.4 Å². The molecule has 1 N–H and O–H groups in total. The van der Waals surface area contributed by atoms with Crippen LogP contribution in [-0.4, -0.2) is 42.9 Å². The van der Waals surface area contributed by atoms with Gasteiger partial charge in [-0.2, -0.15) is 0 Å². The van der Waals surface area contributed by atoms with Gasteiger partial charge >= 0.3 is 6.03 Å². The summed E-state index contributed by atoms with van der Waals surface area (Å²) in [4.78, 5) is 20.1. The van der Waals surface area contributed by atoms with Crippen LogP contribution in [0.15, 0.2) is 66.3 Å². The summed E-state index contributed by atoms with van der Waals surface area (Å²) < 4.78 is 5.41. The summed E-state index contributed by atoms with van der Waals surface area (Å²) in [7, 11) is 1.64. The Kier molecular flexibility index (Phi) is 6.89. The molecule has 0 aliphatic carbocycles. The minimum Gasteiger partial charge on any atom is -0.496 e. The van der Waals surface area contributed by atoms with Crippen LogP contribution >= 0.6 is 0 Å². The average Bonchev–Trinajstić information content (AvgIpc) is 3.22. The molecule has 1 atom stereocenters. The molecule has 0 bridgehead atoms. The Morgan fingerprint density at radius 2 is 2.17 bits per heavy atom. The molecular formula is C23H27N3O3. The quantitative estimate of drug-likeness (QED) is 0.673. The molecule has 0 fully saturated rings. The highest BCUT2D eigenvalue weighted by atomic mass is 16.6. The van der Waals surface area contributed by atoms with Gasteiger partial charge in [0.15, 0.2) is 6.10 Å². The summed E-state index contributed by atoms with van der Waals surface area (Å²) in [5.74, 6) is 0.756. The van der Waals surface area contributed by atoms with Gasteiger partial charge in [0.2, 0.25) is 0 Å². The van der Waals surface area contributed by atoms with Crippen molar-refractivity contribution in [3.63, 3.8) is 0 Å². The monoisotopic (exact) mass is 393 g/mol. The molecular weight excluding hydrogens is 366 g/mol. The number of urea groups is 1. The molecule has 152 valence electrons. The number of ether oxygens (including phenoxy) is 1. The number of aryl methyl sites for hydroxylation is 1. The van der Waals surface area contributed by atoms with E-state index in [1.54, 1.807) is 18.1 Å². The average molecular weight is 393 g/mol. The minimum atomic E-state index is -0.220. The van der Waals surface area contributed by atoms with Gasteiger partial charge in [0.25, 0.3) is 0 Å². The molecule has 0 saturated carbocycles. The summed E-state index contributed by atoms with van der Waals surface area (Å²) in [6.07, 6.45) is 3.01. The van der Waals surface area contributed by atoms with E-state index in [-0.39, 0.29) is 12.1 Å². The zero-order chi connectivity index (χ0) is 20.6. The zero-order valence-corrected chi connectivity index (χ0v) is 16.9. The first-order valence-corrected chi connectivity index (χ1v) is 9.76. The van der Waals surface area contributed by atoms with Crippen LogP contribution in [0.25, 0.3) is 0 Å². The molecule has 1 aliphatic rings. The third kappa shape index (κ3) is 5.16. The van der Waals surface area contributed by atoms with Crippen molar-refractivity contribution in [1.82, 2.24) is 4.90 Å². The van der Waals surface area contributed by atoms with Gasteiger partial charge in [-0.05, 0) is 36.2 Å². The van der Waals surface area contributed by atoms with Crippen molar-refractivity contribution < 1.29 is 14.4 Å². The SMILES string of the molecule is C=CCN(CC1CC(c2ccccc2OC)=NO1)C(=O)Nc1cccc(CC)c1. The lowest BCUT2D eigenvalue weighted by Crippen LogP contribution is -2.40. The van der Waals surface area contributed by atoms with Crippen molar-refractivity contribution in [2.24, 2.45) is 5.16 Å². The van der Waals surface area contributed by atoms with Gasteiger partial charge < -0.3 is 19.8 Å². The first-order chi connectivity index (χ1) is 14.1. The van der Waals surface area contributed by atoms with Crippen molar-refractivity contribution in [3.8, 4) is 5.75 Å². The number of methoxy groups -OCH3 is 1. The largest absolute Gasteiger partial charge is 0.496 e. The second-order valence-corrected chi connectivity index (χ2v) is 6.85. The summed E-state index contributed by atoms with van der Waals surface area (Å²) in [5, 5.41) is 7.19. The molecule has 2 amide bonds. The number of carbonyl (C=O) groups excluding carboxylic acids is 1. The van der Waals surface area contributed by atoms with Gasteiger partial charge in [-0.25, -0.2) is 4.79 Å². The van der Waals surface area contributed by atoms with E-state index in [4.69, 9.17) is 9.57 Å². The normalized spacial score (nSPS) is 15.2. The van der Waals surface area contributed by atoms with Crippen LogP contribution in [0.4, 0.5) is 10.5 Å². The van der Waals surface area contributed by atoms with Crippen LogP contribution in [0.2, 0.25) is 0 Å². The Hall–Kier alpha value is -3.28. The molecule has 1 heterocycles. The van der Waals surface area contributed by atoms with Crippen LogP contribution in [-0.2, 0) is 11.3 Å². The first kappa shape index (κ1) is 20.5. The summed E-state index contributed by atoms with van der Waals surface area (Å²) >= 11 is 0. The number of oxime groups is 1. The standard InChI is InChI=1S/C23H27N3O3/c1-4-13-26(23(27)24-18-10-8-9-17(5-2)14-18)16-19-15-21(25-29-19)20-11-6-7-12-22(20)28-3/h4,6-12,14,19H,1,5,13,15-16H2,2-3H3,(H,24,27). The maximum absolute atomic E-state index is 12.8. The number of rotatable bonds is 8. The fraction of sp³-hybridized carbons (Fsp3) is 0.304. The van der Waals surface area contributed by atoms with Crippen molar-refractivity contribution in [1.29, 1.82) is 0 Å². The van der Waals surface area contributed by atoms with E-state index >= 15 is 0 Å². The molecule has 0 spiro atoms. The van der Waals surface area contributed by atoms with E-state index in [9.17, 15) is 4.79 Å². The number of anilines is 1. The summed E-state index contributed by atoms with van der Waals surface area (Å²) in [6.45, 7) is 6.68. The highest BCUT2D eigenvalue weighted by molar-refractivity contribution is 6.03. The first-order valence-electron chi connectivity index (χ1n) is 9.76. The molecule has 6 nitrogen and oxygen atoms in total. The molecule has 3 rings (SSSR count). The second-order valence-electron chi connectivity index (χ2n) is 6.85. The molecule has 0 aromatic heterocycles. The van der Waals surface area contributed by atoms with Gasteiger partial charge in [0, 0.05) is 24.2 Å². The minimum absolute atomic E-state index is 0.188. The maximum Gasteiger partial charge on any atom is 0.322 e. The van der Waals surface area contributed by atoms with E-state index in [1.807, 2.05) is 48.5 Å². The Bertz CT molecular complexity index is 894. The molecule has 1 unspecified atom stereocenters. The lowest BCUT2D eigenvalue weighted by atomic mass is 10.0. The predicted molar refractivity (Wildman–Crippen MR) is 116 cm³/mol. The number of amides is 2. The van der Waals surface area contributed by atoms with Crippen LogP contribution in [0, 0.1) is 0 Å². The van der Waals surface area contributed by atoms with Crippen LogP contribution in [0.1, 0.15) is 24.5 Å². The van der Waals surface area contributed by atoms with Crippen molar-refractivity contribution in [2.75, 3.05) is 25.5 Å². The van der Waals surface area contributed by atoms with E-state index < -0.39 is 0 Å². The predicted octanol–water partition coefficient (Wildman–Crippen LogP) is 4.47. The Morgan fingerprint density at radius 3 is 2.93 bits per heavy atom. The lowest BCUT2D eigenvalue weighted by Gasteiger charge is -2.24. The van der Waals surface area contributed by atoms with E-state index in [0.717, 1.165) is 29.1 Å². The van der Waals surface area contributed by atoms with Gasteiger partial charge in [-0.1, -0.05) is 42.4 Å². The number of benzene rings is 2. The zero-order valence-electron chi connectivity index (χ0n) is 16.9. The Morgan fingerprint density at radius 1 is 1.34 bits per heavy atom. The summed E-state index contributed by atoms with van der Waals surface area (Å²) in [6, 6.07) is 15.4. The molecule has 0 radical (unpaired) electrons. The van der Waals surface area contributed by atoms with Crippen LogP contribution < -0.4 is 10.1 Å². The van der Waals surface area contributed by atoms with E-state index in [0.29, 0.717) is 19.5 Å². The number of hydrogen-bond donors (Lipinski definition) is 1. The Labute approximate surface area is 171 Å². The lowest BCUT2D eigenvalue weighted by molar-refractivity contribution is 0.0645.